The Kier molecular flexibility index (Phi) is 6.37. The maximum absolute atomic E-state index is 11.8. The molecule has 23 heavy (non-hydrogen) atoms. The molecule has 0 saturated carbocycles. The number of urea groups is 1. The molecule has 2 fully saturated rings. The van der Waals surface area contributed by atoms with Crippen LogP contribution in [0.1, 0.15) is 58.8 Å². The van der Waals surface area contributed by atoms with Crippen LogP contribution in [0.2, 0.25) is 0 Å². The van der Waals surface area contributed by atoms with Crippen molar-refractivity contribution in [1.82, 2.24) is 10.6 Å². The Balaban J connectivity index is 1.65. The molecule has 0 aromatic carbocycles. The first kappa shape index (κ1) is 18.6. The molecule has 2 aliphatic rings. The number of unbranched alkanes of at least 4 members (excludes halogenated alkanes) is 2. The van der Waals surface area contributed by atoms with E-state index in [1.54, 1.807) is 7.11 Å². The van der Waals surface area contributed by atoms with Gasteiger partial charge in [-0.3, -0.25) is 4.79 Å². The lowest BCUT2D eigenvalue weighted by atomic mass is 9.79. The number of Topliss-reactive ketones (excluding diaryl/α,β-unsaturated/α-hetero) is 1. The number of hydrogen-bond acceptors (Lipinski definition) is 4. The van der Waals surface area contributed by atoms with Crippen LogP contribution in [-0.2, 0) is 9.53 Å². The molecule has 0 bridgehead atoms. The van der Waals surface area contributed by atoms with Crippen molar-refractivity contribution in [2.24, 2.45) is 0 Å². The Labute approximate surface area is 143 Å². The third-order valence-electron chi connectivity index (χ3n) is 5.35. The molecule has 2 N–H and O–H groups in total. The Morgan fingerprint density at radius 3 is 2.61 bits per heavy atom. The summed E-state index contributed by atoms with van der Waals surface area (Å²) in [7, 11) is 1.69. The van der Waals surface area contributed by atoms with Gasteiger partial charge in [0, 0.05) is 37.6 Å². The number of carbonyl (C=O) groups excluding carboxylic acids is 2. The van der Waals surface area contributed by atoms with E-state index in [0.717, 1.165) is 44.5 Å². The lowest BCUT2D eigenvalue weighted by Gasteiger charge is -2.35. The largest absolute Gasteiger partial charge is 0.385 e. The summed E-state index contributed by atoms with van der Waals surface area (Å²) in [6.07, 6.45) is 6.30. The molecule has 2 rings (SSSR count). The summed E-state index contributed by atoms with van der Waals surface area (Å²) in [5.74, 6) is 1.32. The lowest BCUT2D eigenvalue weighted by Crippen LogP contribution is -2.58. The maximum atomic E-state index is 11.8. The van der Waals surface area contributed by atoms with Crippen molar-refractivity contribution < 1.29 is 14.3 Å². The number of rotatable bonds is 10. The highest BCUT2D eigenvalue weighted by atomic mass is 32.2. The molecule has 5 nitrogen and oxygen atoms in total. The van der Waals surface area contributed by atoms with Crippen molar-refractivity contribution in [2.45, 2.75) is 75.1 Å². The molecule has 0 radical (unpaired) electrons. The number of nitrogens with one attached hydrogen (secondary N) is 2. The maximum Gasteiger partial charge on any atom is 0.315 e. The number of amides is 2. The summed E-state index contributed by atoms with van der Waals surface area (Å²) in [6, 6.07) is -0.0495. The fraction of sp³-hybridized carbons (Fsp3) is 0.882. The van der Waals surface area contributed by atoms with Crippen LogP contribution in [0.3, 0.4) is 0 Å². The molecule has 0 aliphatic carbocycles. The van der Waals surface area contributed by atoms with Crippen LogP contribution in [0, 0.1) is 0 Å². The van der Waals surface area contributed by atoms with E-state index in [1.165, 1.54) is 0 Å². The zero-order valence-corrected chi connectivity index (χ0v) is 15.4. The highest BCUT2D eigenvalue weighted by Gasteiger charge is 2.60. The predicted octanol–water partition coefficient (Wildman–Crippen LogP) is 2.88. The van der Waals surface area contributed by atoms with Gasteiger partial charge in [0.2, 0.25) is 0 Å². The van der Waals surface area contributed by atoms with E-state index >= 15 is 0 Å². The van der Waals surface area contributed by atoms with Gasteiger partial charge in [-0.1, -0.05) is 6.42 Å². The van der Waals surface area contributed by atoms with Crippen LogP contribution in [0.5, 0.6) is 0 Å². The molecular formula is C17H30N2O3S. The molecule has 2 heterocycles. The Morgan fingerprint density at radius 2 is 1.91 bits per heavy atom. The zero-order chi connectivity index (χ0) is 16.9. The highest BCUT2D eigenvalue weighted by molar-refractivity contribution is 8.00. The highest BCUT2D eigenvalue weighted by Crippen LogP contribution is 2.47. The summed E-state index contributed by atoms with van der Waals surface area (Å²) < 4.78 is 4.99. The van der Waals surface area contributed by atoms with E-state index in [1.807, 2.05) is 11.8 Å². The molecule has 6 heteroatoms. The molecule has 132 valence electrons. The number of fused-ring (bicyclic) bond motifs is 1. The molecule has 2 amide bonds. The number of hydrogen-bond donors (Lipinski definition) is 2. The van der Waals surface area contributed by atoms with Crippen molar-refractivity contribution in [3.05, 3.63) is 0 Å². The summed E-state index contributed by atoms with van der Waals surface area (Å²) in [4.78, 5) is 23.5. The Bertz CT molecular complexity index is 446. The van der Waals surface area contributed by atoms with Crippen LogP contribution >= 0.6 is 11.8 Å². The summed E-state index contributed by atoms with van der Waals surface area (Å²) in [5, 5.41) is 6.61. The minimum atomic E-state index is -0.182. The average Bonchev–Trinajstić information content (AvgIpc) is 2.85. The van der Waals surface area contributed by atoms with E-state index in [4.69, 9.17) is 4.74 Å². The van der Waals surface area contributed by atoms with Gasteiger partial charge >= 0.3 is 6.03 Å². The van der Waals surface area contributed by atoms with Crippen LogP contribution in [0.15, 0.2) is 0 Å². The standard InChI is InChI=1S/C17H30N2O3S/c1-16-12-23-14(17(16,2)19-15(21)18-16)10-5-4-8-13(20)9-6-7-11-22-3/h14H,4-12H2,1-3H3,(H2,18,19,21)/t14?,16-,17+/m0/s1. The van der Waals surface area contributed by atoms with Gasteiger partial charge in [0.15, 0.2) is 0 Å². The normalized spacial score (nSPS) is 32.5. The summed E-state index contributed by atoms with van der Waals surface area (Å²) >= 11 is 1.94. The molecule has 0 spiro atoms. The third kappa shape index (κ3) is 4.21. The van der Waals surface area contributed by atoms with Gasteiger partial charge in [-0.15, -0.1) is 0 Å². The fourth-order valence-electron chi connectivity index (χ4n) is 3.56. The third-order valence-corrected chi connectivity index (χ3v) is 7.21. The first-order chi connectivity index (χ1) is 10.9. The number of ketones is 1. The van der Waals surface area contributed by atoms with Crippen molar-refractivity contribution >= 4 is 23.6 Å². The first-order valence-corrected chi connectivity index (χ1v) is 9.69. The quantitative estimate of drug-likeness (QED) is 0.473. The molecule has 2 aliphatic heterocycles. The minimum absolute atomic E-state index is 0.0495. The van der Waals surface area contributed by atoms with Gasteiger partial charge in [-0.25, -0.2) is 4.79 Å². The van der Waals surface area contributed by atoms with Crippen molar-refractivity contribution in [2.75, 3.05) is 19.5 Å². The van der Waals surface area contributed by atoms with Crippen LogP contribution in [0.25, 0.3) is 0 Å². The Morgan fingerprint density at radius 1 is 1.22 bits per heavy atom. The second-order valence-electron chi connectivity index (χ2n) is 7.15. The van der Waals surface area contributed by atoms with Crippen LogP contribution in [0.4, 0.5) is 4.79 Å². The summed E-state index contributed by atoms with van der Waals surface area (Å²) in [6.45, 7) is 5.02. The van der Waals surface area contributed by atoms with E-state index in [9.17, 15) is 9.59 Å². The van der Waals surface area contributed by atoms with E-state index in [0.29, 0.717) is 23.9 Å². The minimum Gasteiger partial charge on any atom is -0.385 e. The average molecular weight is 343 g/mol. The van der Waals surface area contributed by atoms with Crippen LogP contribution < -0.4 is 10.6 Å². The number of ether oxygens (including phenoxy) is 1. The Hall–Kier alpha value is -0.750. The number of carbonyl (C=O) groups is 2. The second-order valence-corrected chi connectivity index (χ2v) is 8.34. The van der Waals surface area contributed by atoms with Crippen molar-refractivity contribution in [3.63, 3.8) is 0 Å². The number of thioether (sulfide) groups is 1. The van der Waals surface area contributed by atoms with E-state index < -0.39 is 0 Å². The fourth-order valence-corrected chi connectivity index (χ4v) is 5.45. The molecule has 3 atom stereocenters. The molecule has 1 unspecified atom stereocenters. The smallest absolute Gasteiger partial charge is 0.315 e. The predicted molar refractivity (Wildman–Crippen MR) is 93.9 cm³/mol. The van der Waals surface area contributed by atoms with Gasteiger partial charge in [-0.05, 0) is 39.5 Å². The van der Waals surface area contributed by atoms with Gasteiger partial charge in [0.05, 0.1) is 11.1 Å². The van der Waals surface area contributed by atoms with E-state index in [-0.39, 0.29) is 17.1 Å². The lowest BCUT2D eigenvalue weighted by molar-refractivity contribution is -0.119. The first-order valence-electron chi connectivity index (χ1n) is 8.64. The van der Waals surface area contributed by atoms with Gasteiger partial charge in [0.25, 0.3) is 0 Å². The van der Waals surface area contributed by atoms with E-state index in [2.05, 4.69) is 24.5 Å². The molecule has 0 aromatic rings. The monoisotopic (exact) mass is 342 g/mol. The van der Waals surface area contributed by atoms with Gasteiger partial charge in [-0.2, -0.15) is 11.8 Å². The van der Waals surface area contributed by atoms with Crippen molar-refractivity contribution in [3.8, 4) is 0 Å². The van der Waals surface area contributed by atoms with Crippen LogP contribution in [-0.4, -0.2) is 47.6 Å². The van der Waals surface area contributed by atoms with Crippen molar-refractivity contribution in [1.29, 1.82) is 0 Å². The number of methoxy groups -OCH3 is 1. The topological polar surface area (TPSA) is 67.4 Å². The SMILES string of the molecule is COCCCCC(=O)CCCCC1SC[C@]2(C)NC(=O)N[C@]12C. The summed E-state index contributed by atoms with van der Waals surface area (Å²) in [5.41, 5.74) is -0.338. The zero-order valence-electron chi connectivity index (χ0n) is 14.6. The molecule has 0 aromatic heterocycles. The van der Waals surface area contributed by atoms with Gasteiger partial charge in [0.1, 0.15) is 5.78 Å². The molecule has 2 saturated heterocycles. The molecular weight excluding hydrogens is 312 g/mol. The second kappa shape index (κ2) is 7.88. The van der Waals surface area contributed by atoms with Gasteiger partial charge < -0.3 is 15.4 Å².